The summed E-state index contributed by atoms with van der Waals surface area (Å²) in [5, 5.41) is 7.17. The SMILES string of the molecule is COc1cc(C)c(C)cc1CNc1cccc([C@@H]2CCCCN2)c1. The first-order valence-corrected chi connectivity index (χ1v) is 8.88. The van der Waals surface area contributed by atoms with Crippen molar-refractivity contribution in [3.05, 3.63) is 58.7 Å². The number of piperidine rings is 1. The minimum atomic E-state index is 0.497. The van der Waals surface area contributed by atoms with E-state index < -0.39 is 0 Å². The number of ether oxygens (including phenoxy) is 1. The maximum atomic E-state index is 5.54. The molecule has 0 unspecified atom stereocenters. The summed E-state index contributed by atoms with van der Waals surface area (Å²) in [4.78, 5) is 0. The van der Waals surface area contributed by atoms with Gasteiger partial charge in [0, 0.05) is 23.8 Å². The number of anilines is 1. The molecule has 0 bridgehead atoms. The van der Waals surface area contributed by atoms with Gasteiger partial charge in [-0.05, 0) is 68.1 Å². The van der Waals surface area contributed by atoms with Crippen LogP contribution in [0.25, 0.3) is 0 Å². The Hall–Kier alpha value is -2.00. The molecule has 24 heavy (non-hydrogen) atoms. The number of rotatable bonds is 5. The maximum absolute atomic E-state index is 5.54. The zero-order valence-electron chi connectivity index (χ0n) is 15.0. The van der Waals surface area contributed by atoms with Crippen molar-refractivity contribution >= 4 is 5.69 Å². The second-order valence-corrected chi connectivity index (χ2v) is 6.73. The lowest BCUT2D eigenvalue weighted by atomic mass is 9.97. The van der Waals surface area contributed by atoms with Crippen LogP contribution in [0.5, 0.6) is 5.75 Å². The fourth-order valence-electron chi connectivity index (χ4n) is 3.38. The van der Waals surface area contributed by atoms with Crippen molar-refractivity contribution in [3.8, 4) is 5.75 Å². The zero-order valence-corrected chi connectivity index (χ0v) is 15.0. The molecule has 1 aliphatic heterocycles. The lowest BCUT2D eigenvalue weighted by molar-refractivity contribution is 0.410. The van der Waals surface area contributed by atoms with Crippen molar-refractivity contribution in [2.24, 2.45) is 0 Å². The van der Waals surface area contributed by atoms with Crippen LogP contribution in [0.3, 0.4) is 0 Å². The Morgan fingerprint density at radius 1 is 1.12 bits per heavy atom. The van der Waals surface area contributed by atoms with Crippen LogP contribution in [0.1, 0.15) is 47.6 Å². The van der Waals surface area contributed by atoms with E-state index in [9.17, 15) is 0 Å². The molecule has 3 heteroatoms. The summed E-state index contributed by atoms with van der Waals surface area (Å²) >= 11 is 0. The van der Waals surface area contributed by atoms with Gasteiger partial charge in [0.2, 0.25) is 0 Å². The monoisotopic (exact) mass is 324 g/mol. The third-order valence-corrected chi connectivity index (χ3v) is 4.98. The summed E-state index contributed by atoms with van der Waals surface area (Å²) in [6.45, 7) is 6.16. The molecule has 1 atom stereocenters. The van der Waals surface area contributed by atoms with Crippen molar-refractivity contribution in [3.63, 3.8) is 0 Å². The van der Waals surface area contributed by atoms with Crippen LogP contribution in [0.15, 0.2) is 36.4 Å². The molecule has 0 saturated carbocycles. The Morgan fingerprint density at radius 3 is 2.71 bits per heavy atom. The van der Waals surface area contributed by atoms with Crippen molar-refractivity contribution in [2.45, 2.75) is 45.7 Å². The average molecular weight is 324 g/mol. The number of benzene rings is 2. The summed E-state index contributed by atoms with van der Waals surface area (Å²) in [5.74, 6) is 0.954. The number of hydrogen-bond donors (Lipinski definition) is 2. The molecule has 128 valence electrons. The van der Waals surface area contributed by atoms with E-state index in [1.165, 1.54) is 47.2 Å². The van der Waals surface area contributed by atoms with Crippen molar-refractivity contribution < 1.29 is 4.74 Å². The molecule has 1 saturated heterocycles. The molecule has 3 rings (SSSR count). The summed E-state index contributed by atoms with van der Waals surface area (Å²) in [5.41, 5.74) is 6.31. The van der Waals surface area contributed by atoms with Gasteiger partial charge in [-0.2, -0.15) is 0 Å². The Morgan fingerprint density at radius 2 is 1.96 bits per heavy atom. The highest BCUT2D eigenvalue weighted by molar-refractivity contribution is 5.49. The number of methoxy groups -OCH3 is 1. The maximum Gasteiger partial charge on any atom is 0.124 e. The lowest BCUT2D eigenvalue weighted by Gasteiger charge is -2.24. The number of nitrogens with one attached hydrogen (secondary N) is 2. The summed E-state index contributed by atoms with van der Waals surface area (Å²) in [7, 11) is 1.74. The smallest absolute Gasteiger partial charge is 0.124 e. The topological polar surface area (TPSA) is 33.3 Å². The number of aryl methyl sites for hydroxylation is 2. The predicted octanol–water partition coefficient (Wildman–Crippen LogP) is 4.74. The van der Waals surface area contributed by atoms with Gasteiger partial charge >= 0.3 is 0 Å². The van der Waals surface area contributed by atoms with Crippen LogP contribution in [-0.4, -0.2) is 13.7 Å². The summed E-state index contributed by atoms with van der Waals surface area (Å²) in [6.07, 6.45) is 3.84. The third kappa shape index (κ3) is 3.90. The van der Waals surface area contributed by atoms with Gasteiger partial charge < -0.3 is 15.4 Å². The molecule has 0 amide bonds. The van der Waals surface area contributed by atoms with Gasteiger partial charge in [0.1, 0.15) is 5.75 Å². The average Bonchev–Trinajstić information content (AvgIpc) is 2.63. The standard InChI is InChI=1S/C21H28N2O/c1-15-11-18(21(24-3)12-16(15)2)14-23-19-8-6-7-17(13-19)20-9-4-5-10-22-20/h6-8,11-13,20,22-23H,4-5,9-10,14H2,1-3H3/t20-/m0/s1. The van der Waals surface area contributed by atoms with Gasteiger partial charge in [-0.3, -0.25) is 0 Å². The highest BCUT2D eigenvalue weighted by Crippen LogP contribution is 2.27. The summed E-state index contributed by atoms with van der Waals surface area (Å²) < 4.78 is 5.54. The zero-order chi connectivity index (χ0) is 16.9. The second-order valence-electron chi connectivity index (χ2n) is 6.73. The van der Waals surface area contributed by atoms with Crippen LogP contribution in [0, 0.1) is 13.8 Å². The quantitative estimate of drug-likeness (QED) is 0.833. The molecule has 2 aromatic rings. The molecule has 0 radical (unpaired) electrons. The van der Waals surface area contributed by atoms with Gasteiger partial charge in [-0.25, -0.2) is 0 Å². The van der Waals surface area contributed by atoms with Crippen LogP contribution in [0.4, 0.5) is 5.69 Å². The van der Waals surface area contributed by atoms with E-state index in [1.807, 2.05) is 0 Å². The first-order valence-electron chi connectivity index (χ1n) is 8.88. The Balaban J connectivity index is 1.72. The first kappa shape index (κ1) is 16.8. The van der Waals surface area contributed by atoms with Crippen LogP contribution >= 0.6 is 0 Å². The fraction of sp³-hybridized carbons (Fsp3) is 0.429. The van der Waals surface area contributed by atoms with E-state index in [4.69, 9.17) is 4.74 Å². The van der Waals surface area contributed by atoms with Gasteiger partial charge in [0.05, 0.1) is 7.11 Å². The first-order chi connectivity index (χ1) is 11.7. The normalized spacial score (nSPS) is 17.5. The second kappa shape index (κ2) is 7.71. The van der Waals surface area contributed by atoms with E-state index in [0.717, 1.165) is 18.8 Å². The lowest BCUT2D eigenvalue weighted by Crippen LogP contribution is -2.26. The molecular weight excluding hydrogens is 296 g/mol. The van der Waals surface area contributed by atoms with Crippen LogP contribution in [-0.2, 0) is 6.54 Å². The Labute approximate surface area is 145 Å². The van der Waals surface area contributed by atoms with Crippen molar-refractivity contribution in [1.82, 2.24) is 5.32 Å². The van der Waals surface area contributed by atoms with E-state index in [2.05, 4.69) is 60.9 Å². The van der Waals surface area contributed by atoms with Gasteiger partial charge in [0.25, 0.3) is 0 Å². The van der Waals surface area contributed by atoms with E-state index in [1.54, 1.807) is 7.11 Å². The highest BCUT2D eigenvalue weighted by Gasteiger charge is 2.14. The largest absolute Gasteiger partial charge is 0.496 e. The number of hydrogen-bond acceptors (Lipinski definition) is 3. The molecule has 0 aliphatic carbocycles. The highest BCUT2D eigenvalue weighted by atomic mass is 16.5. The molecule has 2 N–H and O–H groups in total. The van der Waals surface area contributed by atoms with E-state index in [0.29, 0.717) is 6.04 Å². The minimum absolute atomic E-state index is 0.497. The Bertz CT molecular complexity index is 690. The molecular formula is C21H28N2O. The van der Waals surface area contributed by atoms with Gasteiger partial charge in [-0.15, -0.1) is 0 Å². The molecule has 3 nitrogen and oxygen atoms in total. The summed E-state index contributed by atoms with van der Waals surface area (Å²) in [6, 6.07) is 13.6. The van der Waals surface area contributed by atoms with Gasteiger partial charge in [0.15, 0.2) is 0 Å². The molecule has 1 aliphatic rings. The Kier molecular flexibility index (Phi) is 5.41. The molecule has 1 heterocycles. The van der Waals surface area contributed by atoms with E-state index in [-0.39, 0.29) is 0 Å². The third-order valence-electron chi connectivity index (χ3n) is 4.98. The van der Waals surface area contributed by atoms with Crippen molar-refractivity contribution in [2.75, 3.05) is 19.0 Å². The van der Waals surface area contributed by atoms with Crippen LogP contribution in [0.2, 0.25) is 0 Å². The molecule has 0 aromatic heterocycles. The molecule has 0 spiro atoms. The van der Waals surface area contributed by atoms with Gasteiger partial charge in [-0.1, -0.05) is 24.6 Å². The molecule has 1 fully saturated rings. The minimum Gasteiger partial charge on any atom is -0.496 e. The van der Waals surface area contributed by atoms with Crippen LogP contribution < -0.4 is 15.4 Å². The fourth-order valence-corrected chi connectivity index (χ4v) is 3.38. The van der Waals surface area contributed by atoms with Crippen molar-refractivity contribution in [1.29, 1.82) is 0 Å². The molecule has 2 aromatic carbocycles. The predicted molar refractivity (Wildman–Crippen MR) is 101 cm³/mol. The van der Waals surface area contributed by atoms with E-state index >= 15 is 0 Å².